The molecule has 1 aliphatic heterocycles. The maximum absolute atomic E-state index is 11.1. The first-order valence-electron chi connectivity index (χ1n) is 6.60. The van der Waals surface area contributed by atoms with Gasteiger partial charge in [0.15, 0.2) is 0 Å². The van der Waals surface area contributed by atoms with Gasteiger partial charge in [-0.3, -0.25) is 9.69 Å². The lowest BCUT2D eigenvalue weighted by atomic mass is 9.98. The zero-order valence-corrected chi connectivity index (χ0v) is 10.7. The van der Waals surface area contributed by atoms with Crippen LogP contribution in [0.2, 0.25) is 0 Å². The molecule has 2 aromatic heterocycles. The number of pyridine rings is 1. The fourth-order valence-electron chi connectivity index (χ4n) is 2.73. The second kappa shape index (κ2) is 5.01. The summed E-state index contributed by atoms with van der Waals surface area (Å²) in [6, 6.07) is 5.92. The molecule has 1 N–H and O–H groups in total. The van der Waals surface area contributed by atoms with E-state index in [-0.39, 0.29) is 5.92 Å². The number of hydrogen-bond donors (Lipinski definition) is 1. The molecule has 1 aliphatic rings. The number of nitrogens with zero attached hydrogens (tertiary/aromatic N) is 3. The van der Waals surface area contributed by atoms with Crippen LogP contribution in [-0.4, -0.2) is 38.4 Å². The van der Waals surface area contributed by atoms with Gasteiger partial charge in [-0.05, 0) is 31.5 Å². The number of fused-ring (bicyclic) bond motifs is 1. The molecule has 0 amide bonds. The first-order valence-corrected chi connectivity index (χ1v) is 6.60. The van der Waals surface area contributed by atoms with Crippen molar-refractivity contribution in [2.75, 3.05) is 13.1 Å². The lowest BCUT2D eigenvalue weighted by Crippen LogP contribution is -2.38. The van der Waals surface area contributed by atoms with Crippen LogP contribution in [0.1, 0.15) is 18.5 Å². The maximum Gasteiger partial charge on any atom is 0.307 e. The zero-order chi connectivity index (χ0) is 13.2. The Balaban J connectivity index is 1.76. The number of carboxylic acids is 1. The highest BCUT2D eigenvalue weighted by atomic mass is 16.4. The molecule has 19 heavy (non-hydrogen) atoms. The van der Waals surface area contributed by atoms with Gasteiger partial charge in [-0.2, -0.15) is 0 Å². The van der Waals surface area contributed by atoms with Crippen molar-refractivity contribution in [3.63, 3.8) is 0 Å². The van der Waals surface area contributed by atoms with E-state index in [0.29, 0.717) is 6.54 Å². The van der Waals surface area contributed by atoms with Gasteiger partial charge in [-0.1, -0.05) is 6.07 Å². The van der Waals surface area contributed by atoms with Crippen LogP contribution in [0.25, 0.3) is 5.65 Å². The van der Waals surface area contributed by atoms with Crippen LogP contribution in [0.3, 0.4) is 0 Å². The SMILES string of the molecule is O=C(O)[C@H]1CCCN(Cc2cnc3ccccn23)C1. The number of imidazole rings is 1. The van der Waals surface area contributed by atoms with Gasteiger partial charge in [0.1, 0.15) is 5.65 Å². The number of aliphatic carboxylic acids is 1. The van der Waals surface area contributed by atoms with Gasteiger partial charge in [0, 0.05) is 19.3 Å². The number of carbonyl (C=O) groups is 1. The number of aromatic nitrogens is 2. The second-order valence-electron chi connectivity index (χ2n) is 5.09. The van der Waals surface area contributed by atoms with Crippen LogP contribution < -0.4 is 0 Å². The minimum Gasteiger partial charge on any atom is -0.481 e. The van der Waals surface area contributed by atoms with Crippen molar-refractivity contribution in [3.05, 3.63) is 36.3 Å². The van der Waals surface area contributed by atoms with Gasteiger partial charge < -0.3 is 9.51 Å². The first-order chi connectivity index (χ1) is 9.24. The Kier molecular flexibility index (Phi) is 3.21. The van der Waals surface area contributed by atoms with Gasteiger partial charge in [-0.15, -0.1) is 0 Å². The van der Waals surface area contributed by atoms with E-state index in [0.717, 1.165) is 37.3 Å². The first kappa shape index (κ1) is 12.2. The molecular weight excluding hydrogens is 242 g/mol. The third-order valence-corrected chi connectivity index (χ3v) is 3.73. The summed E-state index contributed by atoms with van der Waals surface area (Å²) in [6.45, 7) is 2.36. The van der Waals surface area contributed by atoms with Crippen LogP contribution in [0.15, 0.2) is 30.6 Å². The summed E-state index contributed by atoms with van der Waals surface area (Å²) in [7, 11) is 0. The van der Waals surface area contributed by atoms with Crippen molar-refractivity contribution in [1.82, 2.24) is 14.3 Å². The largest absolute Gasteiger partial charge is 0.481 e. The second-order valence-corrected chi connectivity index (χ2v) is 5.09. The quantitative estimate of drug-likeness (QED) is 0.910. The highest BCUT2D eigenvalue weighted by Crippen LogP contribution is 2.19. The molecule has 0 aromatic carbocycles. The highest BCUT2D eigenvalue weighted by molar-refractivity contribution is 5.70. The van der Waals surface area contributed by atoms with E-state index in [9.17, 15) is 4.79 Å². The van der Waals surface area contributed by atoms with Crippen molar-refractivity contribution in [2.24, 2.45) is 5.92 Å². The van der Waals surface area contributed by atoms with Gasteiger partial charge in [0.05, 0.1) is 17.8 Å². The third-order valence-electron chi connectivity index (χ3n) is 3.73. The average molecular weight is 259 g/mol. The minimum absolute atomic E-state index is 0.229. The molecule has 3 heterocycles. The smallest absolute Gasteiger partial charge is 0.307 e. The van der Waals surface area contributed by atoms with Gasteiger partial charge >= 0.3 is 5.97 Å². The third kappa shape index (κ3) is 2.46. The molecule has 0 bridgehead atoms. The van der Waals surface area contributed by atoms with Gasteiger partial charge in [0.2, 0.25) is 0 Å². The van der Waals surface area contributed by atoms with E-state index in [1.165, 1.54) is 0 Å². The zero-order valence-electron chi connectivity index (χ0n) is 10.7. The number of rotatable bonds is 3. The van der Waals surface area contributed by atoms with Crippen LogP contribution in [-0.2, 0) is 11.3 Å². The summed E-state index contributed by atoms with van der Waals surface area (Å²) in [6.07, 6.45) is 5.61. The van der Waals surface area contributed by atoms with E-state index in [1.807, 2.05) is 30.6 Å². The molecule has 1 fully saturated rings. The molecular formula is C14H17N3O2. The number of piperidine rings is 1. The summed E-state index contributed by atoms with van der Waals surface area (Å²) in [5.74, 6) is -0.907. The standard InChI is InChI=1S/C14H17N3O2/c18-14(19)11-4-3-6-16(9-11)10-12-8-15-13-5-1-2-7-17(12)13/h1-2,5,7-8,11H,3-4,6,9-10H2,(H,18,19)/t11-/m0/s1. The highest BCUT2D eigenvalue weighted by Gasteiger charge is 2.25. The fraction of sp³-hybridized carbons (Fsp3) is 0.429. The molecule has 3 rings (SSSR count). The maximum atomic E-state index is 11.1. The summed E-state index contributed by atoms with van der Waals surface area (Å²) in [4.78, 5) is 17.6. The van der Waals surface area contributed by atoms with Crippen LogP contribution in [0.4, 0.5) is 0 Å². The topological polar surface area (TPSA) is 57.8 Å². The molecule has 0 radical (unpaired) electrons. The Hall–Kier alpha value is -1.88. The summed E-state index contributed by atoms with van der Waals surface area (Å²) < 4.78 is 2.06. The van der Waals surface area contributed by atoms with E-state index >= 15 is 0 Å². The number of carboxylic acid groups (broad SMARTS) is 1. The summed E-state index contributed by atoms with van der Waals surface area (Å²) in [5.41, 5.74) is 2.05. The van der Waals surface area contributed by atoms with E-state index in [1.54, 1.807) is 0 Å². The molecule has 0 aliphatic carbocycles. The van der Waals surface area contributed by atoms with E-state index in [4.69, 9.17) is 5.11 Å². The molecule has 1 atom stereocenters. The van der Waals surface area contributed by atoms with Crippen LogP contribution in [0.5, 0.6) is 0 Å². The van der Waals surface area contributed by atoms with Crippen LogP contribution >= 0.6 is 0 Å². The average Bonchev–Trinajstić information content (AvgIpc) is 2.83. The Morgan fingerprint density at radius 1 is 1.47 bits per heavy atom. The Morgan fingerprint density at radius 2 is 2.37 bits per heavy atom. The molecule has 0 unspecified atom stereocenters. The lowest BCUT2D eigenvalue weighted by molar-refractivity contribution is -0.143. The van der Waals surface area contributed by atoms with Crippen molar-refractivity contribution in [2.45, 2.75) is 19.4 Å². The molecule has 1 saturated heterocycles. The molecule has 100 valence electrons. The normalized spacial score (nSPS) is 20.7. The molecule has 5 nitrogen and oxygen atoms in total. The Labute approximate surface area is 111 Å². The fourth-order valence-corrected chi connectivity index (χ4v) is 2.73. The predicted octanol–water partition coefficient (Wildman–Crippen LogP) is 1.63. The minimum atomic E-state index is -0.678. The van der Waals surface area contributed by atoms with E-state index < -0.39 is 5.97 Å². The lowest BCUT2D eigenvalue weighted by Gasteiger charge is -2.30. The summed E-state index contributed by atoms with van der Waals surface area (Å²) in [5, 5.41) is 9.11. The van der Waals surface area contributed by atoms with Crippen LogP contribution in [0, 0.1) is 5.92 Å². The number of likely N-dealkylation sites (tertiary alicyclic amines) is 1. The van der Waals surface area contributed by atoms with Crippen molar-refractivity contribution in [3.8, 4) is 0 Å². The number of hydrogen-bond acceptors (Lipinski definition) is 3. The molecule has 0 saturated carbocycles. The van der Waals surface area contributed by atoms with Crippen molar-refractivity contribution in [1.29, 1.82) is 0 Å². The molecule has 2 aromatic rings. The van der Waals surface area contributed by atoms with Gasteiger partial charge in [0.25, 0.3) is 0 Å². The van der Waals surface area contributed by atoms with Crippen molar-refractivity contribution >= 4 is 11.6 Å². The monoisotopic (exact) mass is 259 g/mol. The Bertz CT molecular complexity index is 593. The van der Waals surface area contributed by atoms with E-state index in [2.05, 4.69) is 14.3 Å². The van der Waals surface area contributed by atoms with Gasteiger partial charge in [-0.25, -0.2) is 4.98 Å². The predicted molar refractivity (Wildman–Crippen MR) is 70.8 cm³/mol. The summed E-state index contributed by atoms with van der Waals surface area (Å²) >= 11 is 0. The Morgan fingerprint density at radius 3 is 3.21 bits per heavy atom. The van der Waals surface area contributed by atoms with Crippen molar-refractivity contribution < 1.29 is 9.90 Å². The molecule has 5 heteroatoms. The molecule has 0 spiro atoms.